The van der Waals surface area contributed by atoms with Crippen LogP contribution in [0, 0.1) is 4.91 Å². The molecule has 0 saturated heterocycles. The minimum atomic E-state index is -0.935. The first-order chi connectivity index (χ1) is 7.65. The Kier molecular flexibility index (Phi) is 4.14. The molecule has 16 heavy (non-hydrogen) atoms. The summed E-state index contributed by atoms with van der Waals surface area (Å²) in [5, 5.41) is 4.75. The first kappa shape index (κ1) is 11.8. The number of hydrogen-bond acceptors (Lipinski definition) is 4. The lowest BCUT2D eigenvalue weighted by Crippen LogP contribution is -2.38. The maximum Gasteiger partial charge on any atom is 0.246 e. The molecular formula is C10H11N3O3. The van der Waals surface area contributed by atoms with Crippen molar-refractivity contribution in [3.8, 4) is 0 Å². The maximum atomic E-state index is 11.1. The van der Waals surface area contributed by atoms with E-state index in [4.69, 9.17) is 5.73 Å². The van der Waals surface area contributed by atoms with Crippen molar-refractivity contribution in [2.75, 3.05) is 6.54 Å². The van der Waals surface area contributed by atoms with Gasteiger partial charge in [-0.1, -0.05) is 35.5 Å². The molecule has 0 aromatic heterocycles. The second-order valence-electron chi connectivity index (χ2n) is 3.10. The van der Waals surface area contributed by atoms with Gasteiger partial charge >= 0.3 is 0 Å². The normalized spacial score (nSPS) is 11.5. The number of carbonyl (C=O) groups is 2. The molecule has 1 aromatic rings. The van der Waals surface area contributed by atoms with Gasteiger partial charge < -0.3 is 11.1 Å². The zero-order valence-electron chi connectivity index (χ0n) is 8.42. The molecule has 0 aliphatic heterocycles. The number of carbonyl (C=O) groups excluding carboxylic acids is 2. The summed E-state index contributed by atoms with van der Waals surface area (Å²) in [5.41, 5.74) is 5.71. The monoisotopic (exact) mass is 221 g/mol. The average Bonchev–Trinajstić information content (AvgIpc) is 2.27. The third kappa shape index (κ3) is 3.16. The van der Waals surface area contributed by atoms with E-state index in [1.165, 1.54) is 0 Å². The van der Waals surface area contributed by atoms with Crippen molar-refractivity contribution in [1.82, 2.24) is 5.32 Å². The molecule has 0 spiro atoms. The zero-order chi connectivity index (χ0) is 12.0. The van der Waals surface area contributed by atoms with Crippen LogP contribution in [0.15, 0.2) is 35.5 Å². The molecule has 1 rings (SSSR count). The van der Waals surface area contributed by atoms with Crippen LogP contribution in [-0.4, -0.2) is 18.4 Å². The van der Waals surface area contributed by atoms with Gasteiger partial charge in [0.25, 0.3) is 0 Å². The highest BCUT2D eigenvalue weighted by Gasteiger charge is 2.19. The molecule has 0 radical (unpaired) electrons. The van der Waals surface area contributed by atoms with Crippen molar-refractivity contribution in [3.63, 3.8) is 0 Å². The van der Waals surface area contributed by atoms with Crippen LogP contribution in [0.3, 0.4) is 0 Å². The maximum absolute atomic E-state index is 11.1. The minimum Gasteiger partial charge on any atom is -0.368 e. The van der Waals surface area contributed by atoms with Crippen LogP contribution < -0.4 is 11.1 Å². The predicted molar refractivity (Wildman–Crippen MR) is 57.2 cm³/mol. The fourth-order valence-corrected chi connectivity index (χ4v) is 1.23. The number of hydrogen-bond donors (Lipinski definition) is 2. The molecule has 6 heteroatoms. The van der Waals surface area contributed by atoms with Crippen molar-refractivity contribution < 1.29 is 9.59 Å². The van der Waals surface area contributed by atoms with Crippen molar-refractivity contribution >= 4 is 11.8 Å². The third-order valence-corrected chi connectivity index (χ3v) is 1.93. The summed E-state index contributed by atoms with van der Waals surface area (Å²) < 4.78 is 0. The van der Waals surface area contributed by atoms with Crippen LogP contribution in [0.25, 0.3) is 0 Å². The van der Waals surface area contributed by atoms with E-state index in [1.54, 1.807) is 30.3 Å². The van der Waals surface area contributed by atoms with Gasteiger partial charge in [0, 0.05) is 0 Å². The molecule has 0 heterocycles. The van der Waals surface area contributed by atoms with Gasteiger partial charge in [0.15, 0.2) is 6.54 Å². The Morgan fingerprint density at radius 2 is 1.94 bits per heavy atom. The van der Waals surface area contributed by atoms with E-state index in [1.807, 2.05) is 0 Å². The van der Waals surface area contributed by atoms with E-state index >= 15 is 0 Å². The van der Waals surface area contributed by atoms with E-state index in [0.717, 1.165) is 0 Å². The number of nitrogens with zero attached hydrogens (tertiary/aromatic N) is 1. The highest BCUT2D eigenvalue weighted by Crippen LogP contribution is 2.11. The zero-order valence-corrected chi connectivity index (χ0v) is 8.42. The van der Waals surface area contributed by atoms with Gasteiger partial charge in [0.1, 0.15) is 6.04 Å². The minimum absolute atomic E-state index is 0.531. The van der Waals surface area contributed by atoms with Gasteiger partial charge in [-0.2, -0.15) is 4.91 Å². The van der Waals surface area contributed by atoms with E-state index in [9.17, 15) is 14.5 Å². The molecule has 1 atom stereocenters. The highest BCUT2D eigenvalue weighted by molar-refractivity contribution is 5.88. The lowest BCUT2D eigenvalue weighted by atomic mass is 10.1. The molecule has 84 valence electrons. The highest BCUT2D eigenvalue weighted by atomic mass is 16.3. The first-order valence-corrected chi connectivity index (χ1v) is 4.58. The predicted octanol–water partition coefficient (Wildman–Crippen LogP) is 0.0956. The summed E-state index contributed by atoms with van der Waals surface area (Å²) in [5.74, 6) is -1.33. The van der Waals surface area contributed by atoms with Crippen molar-refractivity contribution in [2.45, 2.75) is 6.04 Å². The van der Waals surface area contributed by atoms with E-state index in [0.29, 0.717) is 5.56 Å². The number of amides is 2. The molecule has 2 amide bonds. The molecule has 1 unspecified atom stereocenters. The molecule has 0 aliphatic carbocycles. The van der Waals surface area contributed by atoms with Gasteiger partial charge in [-0.3, -0.25) is 9.59 Å². The average molecular weight is 221 g/mol. The van der Waals surface area contributed by atoms with Crippen LogP contribution >= 0.6 is 0 Å². The Morgan fingerprint density at radius 1 is 1.31 bits per heavy atom. The Bertz CT molecular complexity index is 392. The molecule has 1 aromatic carbocycles. The third-order valence-electron chi connectivity index (χ3n) is 1.93. The van der Waals surface area contributed by atoms with Gasteiger partial charge in [-0.05, 0) is 5.56 Å². The quantitative estimate of drug-likeness (QED) is 0.689. The van der Waals surface area contributed by atoms with Crippen LogP contribution in [0.2, 0.25) is 0 Å². The summed E-state index contributed by atoms with van der Waals surface area (Å²) in [7, 11) is 0. The van der Waals surface area contributed by atoms with E-state index in [2.05, 4.69) is 10.5 Å². The van der Waals surface area contributed by atoms with Crippen molar-refractivity contribution in [2.24, 2.45) is 10.9 Å². The molecule has 3 N–H and O–H groups in total. The molecule has 0 saturated carbocycles. The topological polar surface area (TPSA) is 102 Å². The Morgan fingerprint density at radius 3 is 2.44 bits per heavy atom. The number of benzene rings is 1. The number of primary amides is 1. The lowest BCUT2D eigenvalue weighted by molar-refractivity contribution is -0.126. The van der Waals surface area contributed by atoms with Crippen molar-refractivity contribution in [1.29, 1.82) is 0 Å². The smallest absolute Gasteiger partial charge is 0.246 e. The second-order valence-corrected chi connectivity index (χ2v) is 3.10. The van der Waals surface area contributed by atoms with Crippen LogP contribution in [0.5, 0.6) is 0 Å². The van der Waals surface area contributed by atoms with Gasteiger partial charge in [-0.15, -0.1) is 0 Å². The van der Waals surface area contributed by atoms with Crippen LogP contribution in [0.4, 0.5) is 0 Å². The number of nitrogens with two attached hydrogens (primary N) is 1. The second kappa shape index (κ2) is 5.59. The summed E-state index contributed by atoms with van der Waals surface area (Å²) in [6.07, 6.45) is 0. The molecule has 0 fully saturated rings. The number of nitrogens with one attached hydrogen (secondary N) is 1. The fourth-order valence-electron chi connectivity index (χ4n) is 1.23. The summed E-state index contributed by atoms with van der Waals surface area (Å²) >= 11 is 0. The standard InChI is InChI=1S/C10H11N3O3/c11-10(15)9(13-8(14)6-12-16)7-4-2-1-3-5-7/h1-5,9H,6H2,(H2,11,15)(H,13,14). The van der Waals surface area contributed by atoms with Crippen molar-refractivity contribution in [3.05, 3.63) is 40.8 Å². The number of nitroso groups, excluding NO2 is 1. The Balaban J connectivity index is 2.80. The van der Waals surface area contributed by atoms with Gasteiger partial charge in [0.05, 0.1) is 0 Å². The van der Waals surface area contributed by atoms with E-state index < -0.39 is 24.4 Å². The van der Waals surface area contributed by atoms with E-state index in [-0.39, 0.29) is 0 Å². The first-order valence-electron chi connectivity index (χ1n) is 4.58. The van der Waals surface area contributed by atoms with Gasteiger partial charge in [-0.25, -0.2) is 0 Å². The Hall–Kier alpha value is -2.24. The summed E-state index contributed by atoms with van der Waals surface area (Å²) in [6, 6.07) is 7.59. The van der Waals surface area contributed by atoms with Gasteiger partial charge in [0.2, 0.25) is 11.8 Å². The lowest BCUT2D eigenvalue weighted by Gasteiger charge is -2.14. The molecule has 0 bridgehead atoms. The molecular weight excluding hydrogens is 210 g/mol. The summed E-state index contributed by atoms with van der Waals surface area (Å²) in [4.78, 5) is 32.1. The molecule has 6 nitrogen and oxygen atoms in total. The fraction of sp³-hybridized carbons (Fsp3) is 0.200. The Labute approximate surface area is 91.8 Å². The SMILES string of the molecule is NC(=O)C(NC(=O)CN=O)c1ccccc1. The van der Waals surface area contributed by atoms with Crippen LogP contribution in [0.1, 0.15) is 11.6 Å². The summed E-state index contributed by atoms with van der Waals surface area (Å²) in [6.45, 7) is -0.531. The molecule has 0 aliphatic rings. The van der Waals surface area contributed by atoms with Crippen LogP contribution in [-0.2, 0) is 9.59 Å². The number of rotatable bonds is 5. The largest absolute Gasteiger partial charge is 0.368 e.